The number of benzene rings is 3. The van der Waals surface area contributed by atoms with Gasteiger partial charge in [0, 0.05) is 69.4 Å². The summed E-state index contributed by atoms with van der Waals surface area (Å²) >= 11 is 9.01. The number of nitrogens with one attached hydrogen (secondary N) is 4. The smallest absolute Gasteiger partial charge is 0.349 e. The monoisotopic (exact) mass is 979 g/mol. The number of piperidine rings is 1. The van der Waals surface area contributed by atoms with Crippen LogP contribution >= 0.6 is 34.9 Å². The van der Waals surface area contributed by atoms with E-state index in [9.17, 15) is 43.1 Å². The fourth-order valence-corrected chi connectivity index (χ4v) is 10.1. The summed E-state index contributed by atoms with van der Waals surface area (Å²) in [6.07, 6.45) is 3.18. The number of carboxylic acids is 2. The molecular weight excluding hydrogens is 929 g/mol. The Hall–Kier alpha value is -6.22. The number of ether oxygens (including phenoxy) is 1. The van der Waals surface area contributed by atoms with Gasteiger partial charge in [-0.1, -0.05) is 53.9 Å². The lowest BCUT2D eigenvalue weighted by atomic mass is 9.98. The van der Waals surface area contributed by atoms with Gasteiger partial charge in [0.25, 0.3) is 0 Å². The first kappa shape index (κ1) is 50.2. The molecule has 1 aromatic heterocycles. The van der Waals surface area contributed by atoms with Crippen LogP contribution < -0.4 is 26.0 Å². The molecule has 0 spiro atoms. The second-order valence-electron chi connectivity index (χ2n) is 16.0. The summed E-state index contributed by atoms with van der Waals surface area (Å²) in [5.74, 6) is -4.30. The molecule has 67 heavy (non-hydrogen) atoms. The van der Waals surface area contributed by atoms with E-state index in [-0.39, 0.29) is 72.3 Å². The number of aryl methyl sites for hydroxylation is 1. The highest BCUT2D eigenvalue weighted by molar-refractivity contribution is 7.96. The molecule has 2 aliphatic heterocycles. The van der Waals surface area contributed by atoms with Gasteiger partial charge in [-0.3, -0.25) is 23.5 Å². The number of halogens is 2. The maximum absolute atomic E-state index is 14.9. The first-order chi connectivity index (χ1) is 32.2. The van der Waals surface area contributed by atoms with Crippen LogP contribution in [0.5, 0.6) is 5.75 Å². The minimum Gasteiger partial charge on any atom is -0.479 e. The Bertz CT molecular complexity index is 2480. The Morgan fingerprint density at radius 3 is 2.46 bits per heavy atom. The van der Waals surface area contributed by atoms with Crippen molar-refractivity contribution in [2.24, 2.45) is 5.92 Å². The van der Waals surface area contributed by atoms with Crippen molar-refractivity contribution < 1.29 is 52.9 Å². The molecule has 2 fully saturated rings. The number of carboxylic acid groups (broad SMARTS) is 2. The van der Waals surface area contributed by atoms with Crippen LogP contribution in [0.4, 0.5) is 21.5 Å². The molecule has 0 aliphatic carbocycles. The van der Waals surface area contributed by atoms with Crippen LogP contribution in [0.1, 0.15) is 52.0 Å². The van der Waals surface area contributed by atoms with Crippen LogP contribution in [-0.4, -0.2) is 125 Å². The molecule has 0 bridgehead atoms. The van der Waals surface area contributed by atoms with E-state index in [0.717, 1.165) is 54.1 Å². The predicted molar refractivity (Wildman–Crippen MR) is 254 cm³/mol. The van der Waals surface area contributed by atoms with Crippen LogP contribution in [0.2, 0.25) is 5.02 Å². The Morgan fingerprint density at radius 2 is 1.78 bits per heavy atom. The summed E-state index contributed by atoms with van der Waals surface area (Å²) in [6, 6.07) is 16.7. The van der Waals surface area contributed by atoms with Crippen LogP contribution in [-0.2, 0) is 41.1 Å². The van der Waals surface area contributed by atoms with Gasteiger partial charge < -0.3 is 50.8 Å². The van der Waals surface area contributed by atoms with Crippen molar-refractivity contribution in [1.82, 2.24) is 19.4 Å². The van der Waals surface area contributed by atoms with Crippen molar-refractivity contribution in [3.05, 3.63) is 93.1 Å². The average Bonchev–Trinajstić information content (AvgIpc) is 3.63. The third-order valence-electron chi connectivity index (χ3n) is 11.4. The zero-order chi connectivity index (χ0) is 48.2. The van der Waals surface area contributed by atoms with Gasteiger partial charge >= 0.3 is 11.9 Å². The van der Waals surface area contributed by atoms with E-state index in [2.05, 4.69) is 25.6 Å². The number of hydrogen-bond donors (Lipinski definition) is 6. The quantitative estimate of drug-likeness (QED) is 0.0373. The number of likely N-dealkylation sites (tertiary alicyclic amines) is 1. The number of anilines is 3. The molecule has 356 valence electrons. The highest BCUT2D eigenvalue weighted by Gasteiger charge is 2.36. The SMILES string of the molecule is CNC(=O)C(CCC=O)N(C=O)Cc1c(C)cccc1NCC(=O)N1CC(C(=O)Nc2cc(CSN3CCC(Nc4cccc(-c5sc(C(=O)O)c(OCC(=O)O)c5Cl)c4)CC3)ccc2F)C1. The van der Waals surface area contributed by atoms with Gasteiger partial charge in [-0.05, 0) is 78.8 Å². The largest absolute Gasteiger partial charge is 0.479 e. The number of amides is 4. The standard InChI is InChI=1S/C46H51ClFN7O10S2/c1-27-6-3-9-35(33(27)23-54(26-57)37(10-5-17-56)45(62)49-2)50-20-38(58)53-21-30(22-53)44(61)52-36-18-28(11-12-34(36)48)25-66-55-15-13-31(14-16-55)51-32-8-4-7-29(19-32)42-40(47)41(65-24-39(59)60)43(67-42)46(63)64/h3-4,6-9,11-12,17-19,26,30-31,37,50-51H,5,10,13-16,20-25H2,1-2H3,(H,49,62)(H,52,61)(H,59,60)(H,63,64). The molecular formula is C46H51ClFN7O10S2. The number of aromatic carboxylic acids is 1. The van der Waals surface area contributed by atoms with Gasteiger partial charge in [-0.25, -0.2) is 14.0 Å². The van der Waals surface area contributed by atoms with Crippen molar-refractivity contribution in [2.75, 3.05) is 62.3 Å². The van der Waals surface area contributed by atoms with Crippen molar-refractivity contribution in [3.8, 4) is 16.2 Å². The number of likely N-dealkylation sites (N-methyl/N-ethyl adjacent to an activating group) is 1. The van der Waals surface area contributed by atoms with E-state index in [4.69, 9.17) is 21.4 Å². The number of aliphatic carboxylic acids is 1. The topological polar surface area (TPSA) is 227 Å². The highest BCUT2D eigenvalue weighted by atomic mass is 35.5. The van der Waals surface area contributed by atoms with Gasteiger partial charge in [-0.2, -0.15) is 0 Å². The summed E-state index contributed by atoms with van der Waals surface area (Å²) in [7, 11) is 1.46. The minimum absolute atomic E-state index is 0.0352. The average molecular weight is 981 g/mol. The zero-order valence-electron chi connectivity index (χ0n) is 36.7. The van der Waals surface area contributed by atoms with Crippen LogP contribution in [0.15, 0.2) is 60.7 Å². The fraction of sp³-hybridized carbons (Fsp3) is 0.370. The van der Waals surface area contributed by atoms with E-state index in [0.29, 0.717) is 40.1 Å². The minimum atomic E-state index is -1.27. The van der Waals surface area contributed by atoms with Gasteiger partial charge in [0.05, 0.1) is 23.0 Å². The summed E-state index contributed by atoms with van der Waals surface area (Å²) in [6.45, 7) is 2.97. The molecule has 0 saturated carbocycles. The lowest BCUT2D eigenvalue weighted by Crippen LogP contribution is -2.55. The molecule has 0 radical (unpaired) electrons. The van der Waals surface area contributed by atoms with Crippen molar-refractivity contribution in [2.45, 2.75) is 57.0 Å². The first-order valence-electron chi connectivity index (χ1n) is 21.4. The number of rotatable bonds is 23. The van der Waals surface area contributed by atoms with Gasteiger partial charge in [0.15, 0.2) is 17.2 Å². The van der Waals surface area contributed by atoms with Crippen molar-refractivity contribution in [3.63, 3.8) is 0 Å². The Labute approximate surface area is 399 Å². The molecule has 1 unspecified atom stereocenters. The second kappa shape index (κ2) is 23.5. The van der Waals surface area contributed by atoms with Crippen molar-refractivity contribution >= 4 is 94.3 Å². The molecule has 17 nitrogen and oxygen atoms in total. The summed E-state index contributed by atoms with van der Waals surface area (Å²) in [5.41, 5.74) is 4.48. The second-order valence-corrected chi connectivity index (χ2v) is 18.5. The fourth-order valence-electron chi connectivity index (χ4n) is 7.71. The van der Waals surface area contributed by atoms with E-state index in [1.807, 2.05) is 31.2 Å². The molecule has 1 atom stereocenters. The number of hydrogen-bond acceptors (Lipinski definition) is 13. The third-order valence-corrected chi connectivity index (χ3v) is 14.3. The van der Waals surface area contributed by atoms with Crippen molar-refractivity contribution in [1.29, 1.82) is 0 Å². The lowest BCUT2D eigenvalue weighted by Gasteiger charge is -2.38. The highest BCUT2D eigenvalue weighted by Crippen LogP contribution is 2.46. The Kier molecular flexibility index (Phi) is 17.6. The molecule has 2 saturated heterocycles. The first-order valence-corrected chi connectivity index (χ1v) is 23.5. The lowest BCUT2D eigenvalue weighted by molar-refractivity contribution is -0.140. The van der Waals surface area contributed by atoms with Crippen LogP contribution in [0.3, 0.4) is 0 Å². The molecule has 3 aromatic carbocycles. The summed E-state index contributed by atoms with van der Waals surface area (Å²) < 4.78 is 22.4. The molecule has 6 rings (SSSR count). The maximum Gasteiger partial charge on any atom is 0.349 e. The number of carbonyl (C=O) groups excluding carboxylic acids is 5. The zero-order valence-corrected chi connectivity index (χ0v) is 39.1. The summed E-state index contributed by atoms with van der Waals surface area (Å²) in [5, 5.41) is 30.6. The van der Waals surface area contributed by atoms with E-state index >= 15 is 0 Å². The van der Waals surface area contributed by atoms with Gasteiger partial charge in [0.1, 0.15) is 23.2 Å². The van der Waals surface area contributed by atoms with E-state index < -0.39 is 48.1 Å². The number of carbonyl (C=O) groups is 7. The predicted octanol–water partition coefficient (Wildman–Crippen LogP) is 5.96. The van der Waals surface area contributed by atoms with Crippen LogP contribution in [0.25, 0.3) is 10.4 Å². The number of nitrogens with zero attached hydrogens (tertiary/aromatic N) is 3. The van der Waals surface area contributed by atoms with Crippen LogP contribution in [0, 0.1) is 18.7 Å². The molecule has 4 aromatic rings. The summed E-state index contributed by atoms with van der Waals surface area (Å²) in [4.78, 5) is 88.0. The van der Waals surface area contributed by atoms with Gasteiger partial charge in [-0.15, -0.1) is 11.3 Å². The molecule has 21 heteroatoms. The van der Waals surface area contributed by atoms with E-state index in [1.165, 1.54) is 22.9 Å². The van der Waals surface area contributed by atoms with Gasteiger partial charge in [0.2, 0.25) is 24.1 Å². The number of aldehydes is 1. The number of thiophene rings is 1. The van der Waals surface area contributed by atoms with E-state index in [1.54, 1.807) is 42.3 Å². The molecule has 4 amide bonds. The Balaban J connectivity index is 0.948. The molecule has 3 heterocycles. The Morgan fingerprint density at radius 1 is 1.03 bits per heavy atom. The normalized spacial score (nSPS) is 14.6. The third kappa shape index (κ3) is 13.0. The molecule has 6 N–H and O–H groups in total. The molecule has 2 aliphatic rings. The maximum atomic E-state index is 14.9.